The average molecular weight is 296 g/mol. The van der Waals surface area contributed by atoms with Gasteiger partial charge in [-0.3, -0.25) is 4.68 Å². The van der Waals surface area contributed by atoms with Crippen molar-refractivity contribution < 1.29 is 4.39 Å². The average Bonchev–Trinajstić information content (AvgIpc) is 2.64. The predicted molar refractivity (Wildman–Crippen MR) is 79.6 cm³/mol. The third kappa shape index (κ3) is 3.38. The molecule has 0 aliphatic carbocycles. The lowest BCUT2D eigenvalue weighted by Crippen LogP contribution is -2.30. The number of hydrogen-bond donors (Lipinski definition) is 1. The molecule has 1 unspecified atom stereocenters. The smallest absolute Gasteiger partial charge is 0.130 e. The van der Waals surface area contributed by atoms with Crippen molar-refractivity contribution in [3.8, 4) is 0 Å². The number of benzene rings is 1. The standard InChI is InChI=1S/C15H19ClFN3/c1-10-14(15(16)20(3)19-10)9-13(18-2)8-11-5-4-6-12(17)7-11/h4-7,13,18H,8-9H2,1-3H3. The Bertz CT molecular complexity index is 595. The van der Waals surface area contributed by atoms with E-state index in [9.17, 15) is 4.39 Å². The van der Waals surface area contributed by atoms with Crippen LogP contribution in [-0.4, -0.2) is 22.9 Å². The van der Waals surface area contributed by atoms with Gasteiger partial charge in [0.05, 0.1) is 5.69 Å². The molecule has 0 aliphatic rings. The number of halogens is 2. The van der Waals surface area contributed by atoms with Crippen LogP contribution in [0.5, 0.6) is 0 Å². The first-order valence-electron chi connectivity index (χ1n) is 6.61. The fourth-order valence-electron chi connectivity index (χ4n) is 2.38. The van der Waals surface area contributed by atoms with E-state index in [1.165, 1.54) is 6.07 Å². The zero-order chi connectivity index (χ0) is 14.7. The van der Waals surface area contributed by atoms with Crippen molar-refractivity contribution in [2.24, 2.45) is 7.05 Å². The molecule has 0 radical (unpaired) electrons. The number of rotatable bonds is 5. The Balaban J connectivity index is 2.13. The topological polar surface area (TPSA) is 29.9 Å². The van der Waals surface area contributed by atoms with Crippen molar-refractivity contribution in [3.05, 3.63) is 52.1 Å². The second-order valence-corrected chi connectivity index (χ2v) is 5.36. The van der Waals surface area contributed by atoms with E-state index in [2.05, 4.69) is 10.4 Å². The lowest BCUT2D eigenvalue weighted by Gasteiger charge is -2.16. The van der Waals surface area contributed by atoms with Gasteiger partial charge in [-0.2, -0.15) is 5.10 Å². The van der Waals surface area contributed by atoms with E-state index in [4.69, 9.17) is 11.6 Å². The zero-order valence-electron chi connectivity index (χ0n) is 12.0. The van der Waals surface area contributed by atoms with Gasteiger partial charge in [0, 0.05) is 18.7 Å². The Hall–Kier alpha value is -1.39. The summed E-state index contributed by atoms with van der Waals surface area (Å²) in [6.07, 6.45) is 1.52. The molecule has 0 saturated heterocycles. The molecule has 0 saturated carbocycles. The number of nitrogens with one attached hydrogen (secondary N) is 1. The molecule has 3 nitrogen and oxygen atoms in total. The van der Waals surface area contributed by atoms with E-state index in [1.54, 1.807) is 16.8 Å². The van der Waals surface area contributed by atoms with Crippen LogP contribution < -0.4 is 5.32 Å². The minimum absolute atomic E-state index is 0.192. The number of aryl methyl sites for hydroxylation is 2. The highest BCUT2D eigenvalue weighted by Crippen LogP contribution is 2.21. The largest absolute Gasteiger partial charge is 0.316 e. The molecule has 0 fully saturated rings. The van der Waals surface area contributed by atoms with Crippen LogP contribution in [0.15, 0.2) is 24.3 Å². The summed E-state index contributed by atoms with van der Waals surface area (Å²) in [4.78, 5) is 0. The third-order valence-electron chi connectivity index (χ3n) is 3.50. The van der Waals surface area contributed by atoms with Crippen LogP contribution in [0.2, 0.25) is 5.15 Å². The van der Waals surface area contributed by atoms with Gasteiger partial charge in [-0.15, -0.1) is 0 Å². The first-order chi connectivity index (χ1) is 9.51. The van der Waals surface area contributed by atoms with Gasteiger partial charge >= 0.3 is 0 Å². The number of aromatic nitrogens is 2. The van der Waals surface area contributed by atoms with E-state index in [1.807, 2.05) is 27.1 Å². The lowest BCUT2D eigenvalue weighted by atomic mass is 9.99. The maximum atomic E-state index is 13.2. The summed E-state index contributed by atoms with van der Waals surface area (Å²) in [5.74, 6) is -0.201. The molecule has 1 N–H and O–H groups in total. The molecule has 2 rings (SSSR count). The van der Waals surface area contributed by atoms with Gasteiger partial charge in [-0.1, -0.05) is 23.7 Å². The Kier molecular flexibility index (Phi) is 4.78. The Morgan fingerprint density at radius 2 is 2.15 bits per heavy atom. The van der Waals surface area contributed by atoms with Gasteiger partial charge in [0.1, 0.15) is 11.0 Å². The Labute approximate surface area is 123 Å². The summed E-state index contributed by atoms with van der Waals surface area (Å²) >= 11 is 6.26. The Morgan fingerprint density at radius 3 is 2.70 bits per heavy atom. The van der Waals surface area contributed by atoms with Crippen molar-refractivity contribution in [1.29, 1.82) is 0 Å². The van der Waals surface area contributed by atoms with Crippen LogP contribution in [-0.2, 0) is 19.9 Å². The molecular formula is C15H19ClFN3. The molecular weight excluding hydrogens is 277 g/mol. The third-order valence-corrected chi connectivity index (χ3v) is 3.97. The second kappa shape index (κ2) is 6.37. The van der Waals surface area contributed by atoms with Gasteiger partial charge in [-0.25, -0.2) is 4.39 Å². The molecule has 0 spiro atoms. The van der Waals surface area contributed by atoms with Crippen LogP contribution in [0.1, 0.15) is 16.8 Å². The molecule has 1 heterocycles. The van der Waals surface area contributed by atoms with Gasteiger partial charge in [-0.05, 0) is 44.5 Å². The first kappa shape index (κ1) is 15.0. The quantitative estimate of drug-likeness (QED) is 0.919. The summed E-state index contributed by atoms with van der Waals surface area (Å²) in [6, 6.07) is 6.89. The van der Waals surface area contributed by atoms with E-state index in [0.29, 0.717) is 5.15 Å². The van der Waals surface area contributed by atoms with Crippen LogP contribution in [0.4, 0.5) is 4.39 Å². The van der Waals surface area contributed by atoms with Crippen LogP contribution in [0, 0.1) is 12.7 Å². The molecule has 5 heteroatoms. The van der Waals surface area contributed by atoms with Crippen molar-refractivity contribution in [2.45, 2.75) is 25.8 Å². The summed E-state index contributed by atoms with van der Waals surface area (Å²) in [5, 5.41) is 8.25. The molecule has 20 heavy (non-hydrogen) atoms. The van der Waals surface area contributed by atoms with Gasteiger partial charge in [0.15, 0.2) is 0 Å². The van der Waals surface area contributed by atoms with E-state index < -0.39 is 0 Å². The highest BCUT2D eigenvalue weighted by Gasteiger charge is 2.16. The van der Waals surface area contributed by atoms with Crippen molar-refractivity contribution in [3.63, 3.8) is 0 Å². The summed E-state index contributed by atoms with van der Waals surface area (Å²) in [5.41, 5.74) is 2.96. The number of hydrogen-bond acceptors (Lipinski definition) is 2. The molecule has 1 aromatic carbocycles. The van der Waals surface area contributed by atoms with Crippen molar-refractivity contribution in [2.75, 3.05) is 7.05 Å². The monoisotopic (exact) mass is 295 g/mol. The van der Waals surface area contributed by atoms with E-state index >= 15 is 0 Å². The maximum absolute atomic E-state index is 13.2. The SMILES string of the molecule is CNC(Cc1cccc(F)c1)Cc1c(C)nn(C)c1Cl. The molecule has 0 amide bonds. The highest BCUT2D eigenvalue weighted by atomic mass is 35.5. The van der Waals surface area contributed by atoms with Gasteiger partial charge in [0.25, 0.3) is 0 Å². The van der Waals surface area contributed by atoms with Crippen molar-refractivity contribution in [1.82, 2.24) is 15.1 Å². The lowest BCUT2D eigenvalue weighted by molar-refractivity contribution is 0.551. The van der Waals surface area contributed by atoms with E-state index in [0.717, 1.165) is 29.7 Å². The van der Waals surface area contributed by atoms with Crippen LogP contribution in [0.3, 0.4) is 0 Å². The van der Waals surface area contributed by atoms with E-state index in [-0.39, 0.29) is 11.9 Å². The van der Waals surface area contributed by atoms with Crippen molar-refractivity contribution >= 4 is 11.6 Å². The zero-order valence-corrected chi connectivity index (χ0v) is 12.7. The highest BCUT2D eigenvalue weighted by molar-refractivity contribution is 6.30. The number of likely N-dealkylation sites (N-methyl/N-ethyl adjacent to an activating group) is 1. The van der Waals surface area contributed by atoms with Gasteiger partial charge in [0.2, 0.25) is 0 Å². The minimum Gasteiger partial charge on any atom is -0.316 e. The maximum Gasteiger partial charge on any atom is 0.130 e. The minimum atomic E-state index is -0.201. The fraction of sp³-hybridized carbons (Fsp3) is 0.400. The normalized spacial score (nSPS) is 12.7. The van der Waals surface area contributed by atoms with Gasteiger partial charge < -0.3 is 5.32 Å². The number of nitrogens with zero attached hydrogens (tertiary/aromatic N) is 2. The Morgan fingerprint density at radius 1 is 1.40 bits per heavy atom. The van der Waals surface area contributed by atoms with Crippen LogP contribution >= 0.6 is 11.6 Å². The second-order valence-electron chi connectivity index (χ2n) is 5.00. The molecule has 108 valence electrons. The molecule has 1 atom stereocenters. The van der Waals surface area contributed by atoms with Crippen LogP contribution in [0.25, 0.3) is 0 Å². The first-order valence-corrected chi connectivity index (χ1v) is 6.98. The fourth-order valence-corrected chi connectivity index (χ4v) is 2.63. The molecule has 0 bridgehead atoms. The summed E-state index contributed by atoms with van der Waals surface area (Å²) in [6.45, 7) is 1.95. The summed E-state index contributed by atoms with van der Waals surface area (Å²) < 4.78 is 14.9. The molecule has 0 aliphatic heterocycles. The predicted octanol–water partition coefficient (Wildman–Crippen LogP) is 2.89. The summed E-state index contributed by atoms with van der Waals surface area (Å²) in [7, 11) is 3.74. The molecule has 1 aromatic heterocycles. The molecule has 2 aromatic rings.